The molecule has 0 bridgehead atoms. The van der Waals surface area contributed by atoms with Crippen LogP contribution < -0.4 is 15.6 Å². The molecule has 0 radical (unpaired) electrons. The fourth-order valence-electron chi connectivity index (χ4n) is 4.95. The average Bonchev–Trinajstić information content (AvgIpc) is 3.54. The van der Waals surface area contributed by atoms with Crippen LogP contribution in [0.15, 0.2) is 139 Å². The molecule has 0 aromatic heterocycles. The van der Waals surface area contributed by atoms with Crippen molar-refractivity contribution in [1.82, 2.24) is 0 Å². The van der Waals surface area contributed by atoms with Crippen molar-refractivity contribution in [3.8, 4) is 0 Å². The van der Waals surface area contributed by atoms with Gasteiger partial charge < -0.3 is 0 Å². The van der Waals surface area contributed by atoms with Gasteiger partial charge in [0.15, 0.2) is 0 Å². The van der Waals surface area contributed by atoms with Crippen molar-refractivity contribution < 1.29 is 26.2 Å². The van der Waals surface area contributed by atoms with Crippen LogP contribution in [0.2, 0.25) is 0 Å². The van der Waals surface area contributed by atoms with Gasteiger partial charge in [-0.15, -0.1) is 17.7 Å². The molecule has 0 nitrogen and oxygen atoms in total. The predicted octanol–water partition coefficient (Wildman–Crippen LogP) is 5.04. The SMILES string of the molecule is C1=CCC([C-](C2=CC=CC2)[Si](c2ccccc2)(c2ccccc2)c2ccccc2)=C1.[Zr]. The summed E-state index contributed by atoms with van der Waals surface area (Å²) >= 11 is 0. The Balaban J connectivity index is 0.00000231. The summed E-state index contributed by atoms with van der Waals surface area (Å²) in [4.78, 5) is 0. The standard InChI is InChI=1S/C29H25Si.Zr/c1-4-18-26(19-5-1)30(27-20-6-2-7-21-27,28-22-8-3-9-23-28)29(24-14-10-11-15-24)25-16-12-13-17-25;/h1-14,16,18-23H,15,17H2;/q-1;. The average molecular weight is 493 g/mol. The van der Waals surface area contributed by atoms with E-state index in [1.54, 1.807) is 5.54 Å². The van der Waals surface area contributed by atoms with Gasteiger partial charge in [0.1, 0.15) is 8.07 Å². The van der Waals surface area contributed by atoms with Crippen molar-refractivity contribution in [2.45, 2.75) is 12.8 Å². The van der Waals surface area contributed by atoms with E-state index in [1.165, 1.54) is 26.7 Å². The Hall–Kier alpha value is -2.41. The molecule has 0 heterocycles. The van der Waals surface area contributed by atoms with Gasteiger partial charge in [-0.25, -0.2) is 0 Å². The molecule has 3 aromatic rings. The summed E-state index contributed by atoms with van der Waals surface area (Å²) in [6, 6.07) is 33.6. The summed E-state index contributed by atoms with van der Waals surface area (Å²) < 4.78 is 0. The number of hydrogen-bond acceptors (Lipinski definition) is 0. The molecule has 150 valence electrons. The molecular weight excluding hydrogens is 468 g/mol. The van der Waals surface area contributed by atoms with Crippen molar-refractivity contribution in [2.75, 3.05) is 0 Å². The van der Waals surface area contributed by atoms with Gasteiger partial charge in [-0.05, 0) is 12.8 Å². The molecule has 0 aliphatic heterocycles. The Labute approximate surface area is 205 Å². The van der Waals surface area contributed by atoms with Gasteiger partial charge in [0.05, 0.1) is 0 Å². The third-order valence-corrected chi connectivity index (χ3v) is 11.2. The third-order valence-electron chi connectivity index (χ3n) is 6.18. The van der Waals surface area contributed by atoms with Crippen LogP contribution >= 0.6 is 0 Å². The van der Waals surface area contributed by atoms with E-state index in [1.807, 2.05) is 0 Å². The maximum absolute atomic E-state index is 2.48. The molecule has 31 heavy (non-hydrogen) atoms. The molecule has 0 unspecified atom stereocenters. The van der Waals surface area contributed by atoms with E-state index in [-0.39, 0.29) is 26.2 Å². The van der Waals surface area contributed by atoms with Crippen LogP contribution in [-0.4, -0.2) is 8.07 Å². The normalized spacial score (nSPS) is 14.7. The van der Waals surface area contributed by atoms with Gasteiger partial charge in [-0.1, -0.05) is 119 Å². The van der Waals surface area contributed by atoms with Crippen molar-refractivity contribution in [3.63, 3.8) is 0 Å². The van der Waals surface area contributed by atoms with Crippen LogP contribution in [0.3, 0.4) is 0 Å². The summed E-state index contributed by atoms with van der Waals surface area (Å²) in [7, 11) is -2.48. The Morgan fingerprint density at radius 2 is 0.871 bits per heavy atom. The molecule has 0 amide bonds. The van der Waals surface area contributed by atoms with E-state index >= 15 is 0 Å². The number of benzene rings is 3. The van der Waals surface area contributed by atoms with E-state index in [4.69, 9.17) is 0 Å². The van der Waals surface area contributed by atoms with Gasteiger partial charge in [0.25, 0.3) is 0 Å². The topological polar surface area (TPSA) is 0 Å². The molecule has 5 rings (SSSR count). The van der Waals surface area contributed by atoms with Gasteiger partial charge >= 0.3 is 0 Å². The van der Waals surface area contributed by atoms with E-state index in [9.17, 15) is 0 Å². The minimum atomic E-state index is -2.48. The Bertz CT molecular complexity index is 998. The largest absolute Gasteiger partial charge is 0.155 e. The second-order valence-electron chi connectivity index (χ2n) is 7.87. The molecular formula is C29H25SiZr-. The van der Waals surface area contributed by atoms with Crippen LogP contribution in [0.4, 0.5) is 0 Å². The van der Waals surface area contributed by atoms with E-state index in [0.717, 1.165) is 12.8 Å². The fraction of sp³-hybridized carbons (Fsp3) is 0.0690. The van der Waals surface area contributed by atoms with Gasteiger partial charge in [-0.2, -0.15) is 23.3 Å². The Morgan fingerprint density at radius 1 is 0.516 bits per heavy atom. The van der Waals surface area contributed by atoms with Crippen molar-refractivity contribution >= 4 is 23.6 Å². The zero-order valence-electron chi connectivity index (χ0n) is 17.5. The number of rotatable bonds is 6. The molecule has 0 spiro atoms. The quantitative estimate of drug-likeness (QED) is 0.257. The fourth-order valence-corrected chi connectivity index (χ4v) is 10.2. The van der Waals surface area contributed by atoms with Crippen molar-refractivity contribution in [2.24, 2.45) is 0 Å². The third kappa shape index (κ3) is 3.95. The molecule has 2 aliphatic carbocycles. The van der Waals surface area contributed by atoms with Crippen LogP contribution in [0.25, 0.3) is 0 Å². The Kier molecular flexibility index (Phi) is 6.90. The second kappa shape index (κ2) is 9.81. The predicted molar refractivity (Wildman–Crippen MR) is 131 cm³/mol. The van der Waals surface area contributed by atoms with Gasteiger partial charge in [0.2, 0.25) is 0 Å². The molecule has 2 heteroatoms. The summed E-state index contributed by atoms with van der Waals surface area (Å²) in [6.45, 7) is 0. The van der Waals surface area contributed by atoms with Crippen LogP contribution in [0, 0.1) is 5.54 Å². The van der Waals surface area contributed by atoms with E-state index < -0.39 is 8.07 Å². The molecule has 3 aromatic carbocycles. The molecule has 0 atom stereocenters. The van der Waals surface area contributed by atoms with Crippen molar-refractivity contribution in [1.29, 1.82) is 0 Å². The molecule has 0 saturated heterocycles. The minimum Gasteiger partial charge on any atom is -0.155 e. The first-order chi connectivity index (χ1) is 14.9. The zero-order chi connectivity index (χ0) is 20.2. The first-order valence-corrected chi connectivity index (χ1v) is 12.7. The van der Waals surface area contributed by atoms with Gasteiger partial charge in [-0.3, -0.25) is 0 Å². The Morgan fingerprint density at radius 3 is 1.16 bits per heavy atom. The summed E-state index contributed by atoms with van der Waals surface area (Å²) in [6.07, 6.45) is 15.7. The minimum absolute atomic E-state index is 0. The second-order valence-corrected chi connectivity index (χ2v) is 11.6. The van der Waals surface area contributed by atoms with Crippen molar-refractivity contribution in [3.05, 3.63) is 144 Å². The van der Waals surface area contributed by atoms with E-state index in [0.29, 0.717) is 0 Å². The van der Waals surface area contributed by atoms with Crippen LogP contribution in [-0.2, 0) is 26.2 Å². The summed E-state index contributed by atoms with van der Waals surface area (Å²) in [5.74, 6) is 0. The molecule has 0 N–H and O–H groups in total. The first-order valence-electron chi connectivity index (χ1n) is 10.7. The zero-order valence-corrected chi connectivity index (χ0v) is 21.0. The smallest absolute Gasteiger partial charge is 0.123 e. The van der Waals surface area contributed by atoms with Crippen LogP contribution in [0.1, 0.15) is 12.8 Å². The number of allylic oxidation sites excluding steroid dienone is 8. The molecule has 0 fully saturated rings. The maximum Gasteiger partial charge on any atom is 0.123 e. The van der Waals surface area contributed by atoms with Crippen LogP contribution in [0.5, 0.6) is 0 Å². The monoisotopic (exact) mass is 491 g/mol. The van der Waals surface area contributed by atoms with E-state index in [2.05, 4.69) is 127 Å². The number of hydrogen-bond donors (Lipinski definition) is 0. The molecule has 0 saturated carbocycles. The maximum atomic E-state index is 2.35. The molecule has 2 aliphatic rings. The first kappa shape index (κ1) is 21.8. The van der Waals surface area contributed by atoms with Gasteiger partial charge in [0, 0.05) is 26.2 Å². The summed E-state index contributed by atoms with van der Waals surface area (Å²) in [5, 5.41) is 4.33. The summed E-state index contributed by atoms with van der Waals surface area (Å²) in [5.41, 5.74) is 4.49.